The van der Waals surface area contributed by atoms with Gasteiger partial charge in [0.2, 0.25) is 11.8 Å². The molecule has 4 rings (SSSR count). The van der Waals surface area contributed by atoms with E-state index >= 15 is 0 Å². The molecule has 2 saturated heterocycles. The molecule has 2 fully saturated rings. The van der Waals surface area contributed by atoms with Gasteiger partial charge in [0.15, 0.2) is 0 Å². The van der Waals surface area contributed by atoms with E-state index in [0.29, 0.717) is 18.3 Å². The second-order valence-electron chi connectivity index (χ2n) is 7.73. The zero-order valence-electron chi connectivity index (χ0n) is 15.7. The number of aryl methyl sites for hydroxylation is 1. The van der Waals surface area contributed by atoms with Crippen LogP contribution in [0.2, 0.25) is 0 Å². The predicted octanol–water partition coefficient (Wildman–Crippen LogP) is 2.04. The molecule has 3 heterocycles. The Labute approximate surface area is 159 Å². The third kappa shape index (κ3) is 3.61. The van der Waals surface area contributed by atoms with Gasteiger partial charge in [-0.3, -0.25) is 9.69 Å². The summed E-state index contributed by atoms with van der Waals surface area (Å²) in [6, 6.07) is 9.53. The number of aromatic nitrogens is 2. The molecule has 2 aromatic rings. The van der Waals surface area contributed by atoms with E-state index in [-0.39, 0.29) is 24.0 Å². The van der Waals surface area contributed by atoms with Gasteiger partial charge in [0.1, 0.15) is 0 Å². The molecule has 0 saturated carbocycles. The lowest BCUT2D eigenvalue weighted by atomic mass is 9.76. The first kappa shape index (κ1) is 18.1. The minimum absolute atomic E-state index is 0.0507. The summed E-state index contributed by atoms with van der Waals surface area (Å²) in [5.41, 5.74) is 0.886. The van der Waals surface area contributed by atoms with E-state index in [1.807, 2.05) is 35.2 Å². The molecule has 1 unspecified atom stereocenters. The number of aliphatic hydroxyl groups excluding tert-OH is 1. The van der Waals surface area contributed by atoms with Crippen molar-refractivity contribution in [3.8, 4) is 0 Å². The van der Waals surface area contributed by atoms with Crippen LogP contribution in [-0.4, -0.2) is 63.8 Å². The summed E-state index contributed by atoms with van der Waals surface area (Å²) in [6.07, 6.45) is 2.84. The summed E-state index contributed by atoms with van der Waals surface area (Å²) in [5.74, 6) is 1.32. The van der Waals surface area contributed by atoms with Crippen molar-refractivity contribution in [2.45, 2.75) is 32.2 Å². The van der Waals surface area contributed by atoms with Crippen molar-refractivity contribution in [1.29, 1.82) is 0 Å². The number of β-amino-alcohol motifs (C(OH)–C–C–N with tert-alkyl or cyclic N) is 1. The van der Waals surface area contributed by atoms with Crippen LogP contribution in [0, 0.1) is 12.3 Å². The van der Waals surface area contributed by atoms with Crippen molar-refractivity contribution in [3.63, 3.8) is 0 Å². The predicted molar refractivity (Wildman–Crippen MR) is 99.1 cm³/mol. The van der Waals surface area contributed by atoms with Crippen LogP contribution in [0.3, 0.4) is 0 Å². The van der Waals surface area contributed by atoms with E-state index in [1.54, 1.807) is 6.92 Å². The zero-order valence-corrected chi connectivity index (χ0v) is 15.7. The summed E-state index contributed by atoms with van der Waals surface area (Å²) in [6.45, 7) is 4.92. The van der Waals surface area contributed by atoms with E-state index in [4.69, 9.17) is 4.42 Å². The monoisotopic (exact) mass is 370 g/mol. The SMILES string of the molecule is Cc1nnc(C2CC3(CCN(C(=O)c4ccccc4)CC3)CN2CCO)o1. The first-order valence-electron chi connectivity index (χ1n) is 9.59. The lowest BCUT2D eigenvalue weighted by molar-refractivity contribution is 0.0586. The van der Waals surface area contributed by atoms with Crippen LogP contribution >= 0.6 is 0 Å². The molecule has 27 heavy (non-hydrogen) atoms. The average Bonchev–Trinajstić information content (AvgIpc) is 3.27. The first-order chi connectivity index (χ1) is 13.1. The fraction of sp³-hybridized carbons (Fsp3) is 0.550. The number of nitrogens with zero attached hydrogens (tertiary/aromatic N) is 4. The number of likely N-dealkylation sites (tertiary alicyclic amines) is 2. The molecule has 1 atom stereocenters. The first-order valence-corrected chi connectivity index (χ1v) is 9.59. The Bertz CT molecular complexity index is 784. The Hall–Kier alpha value is -2.25. The molecule has 1 spiro atoms. The molecule has 1 N–H and O–H groups in total. The standard InChI is InChI=1S/C20H26N4O3/c1-15-21-22-18(27-15)17-13-20(14-24(17)11-12-25)7-9-23(10-8-20)19(26)16-5-3-2-4-6-16/h2-6,17,25H,7-14H2,1H3. The summed E-state index contributed by atoms with van der Waals surface area (Å²) in [4.78, 5) is 16.9. The Morgan fingerprint density at radius 2 is 2.00 bits per heavy atom. The van der Waals surface area contributed by atoms with Gasteiger partial charge in [-0.05, 0) is 36.8 Å². The lowest BCUT2D eigenvalue weighted by Crippen LogP contribution is -2.44. The molecule has 144 valence electrons. The summed E-state index contributed by atoms with van der Waals surface area (Å²) < 4.78 is 5.69. The highest BCUT2D eigenvalue weighted by Gasteiger charge is 2.47. The van der Waals surface area contributed by atoms with Crippen LogP contribution in [0.25, 0.3) is 0 Å². The molecule has 7 heteroatoms. The van der Waals surface area contributed by atoms with E-state index in [2.05, 4.69) is 15.1 Å². The Morgan fingerprint density at radius 1 is 1.26 bits per heavy atom. The van der Waals surface area contributed by atoms with Crippen molar-refractivity contribution >= 4 is 5.91 Å². The van der Waals surface area contributed by atoms with Crippen molar-refractivity contribution < 1.29 is 14.3 Å². The maximum absolute atomic E-state index is 12.7. The van der Waals surface area contributed by atoms with Crippen molar-refractivity contribution in [1.82, 2.24) is 20.0 Å². The minimum atomic E-state index is 0.0507. The second kappa shape index (κ2) is 7.40. The summed E-state index contributed by atoms with van der Waals surface area (Å²) in [5, 5.41) is 17.6. The summed E-state index contributed by atoms with van der Waals surface area (Å²) >= 11 is 0. The van der Waals surface area contributed by atoms with Gasteiger partial charge in [0, 0.05) is 38.7 Å². The van der Waals surface area contributed by atoms with E-state index in [1.165, 1.54) is 0 Å². The minimum Gasteiger partial charge on any atom is -0.424 e. The molecule has 0 bridgehead atoms. The van der Waals surface area contributed by atoms with Gasteiger partial charge in [-0.2, -0.15) is 0 Å². The molecule has 0 aliphatic carbocycles. The Balaban J connectivity index is 1.45. The third-order valence-corrected chi connectivity index (χ3v) is 5.95. The Morgan fingerprint density at radius 3 is 2.63 bits per heavy atom. The highest BCUT2D eigenvalue weighted by molar-refractivity contribution is 5.94. The van der Waals surface area contributed by atoms with Crippen molar-refractivity contribution in [2.75, 3.05) is 32.8 Å². The van der Waals surface area contributed by atoms with Gasteiger partial charge in [-0.25, -0.2) is 0 Å². The molecular weight excluding hydrogens is 344 g/mol. The molecule has 1 aromatic heterocycles. The van der Waals surface area contributed by atoms with Gasteiger partial charge < -0.3 is 14.4 Å². The average molecular weight is 370 g/mol. The number of amides is 1. The molecule has 1 aromatic carbocycles. The fourth-order valence-corrected chi connectivity index (χ4v) is 4.51. The molecule has 2 aliphatic rings. The molecule has 1 amide bonds. The van der Waals surface area contributed by atoms with Gasteiger partial charge in [0.05, 0.1) is 12.6 Å². The van der Waals surface area contributed by atoms with Crippen LogP contribution in [-0.2, 0) is 0 Å². The van der Waals surface area contributed by atoms with Crippen molar-refractivity contribution in [2.24, 2.45) is 5.41 Å². The fourth-order valence-electron chi connectivity index (χ4n) is 4.51. The largest absolute Gasteiger partial charge is 0.424 e. The normalized spacial score (nSPS) is 22.4. The van der Waals surface area contributed by atoms with Crippen LogP contribution in [0.5, 0.6) is 0 Å². The van der Waals surface area contributed by atoms with E-state index in [9.17, 15) is 9.90 Å². The number of hydrogen-bond donors (Lipinski definition) is 1. The van der Waals surface area contributed by atoms with Gasteiger partial charge in [0.25, 0.3) is 5.91 Å². The molecule has 7 nitrogen and oxygen atoms in total. The third-order valence-electron chi connectivity index (χ3n) is 5.95. The maximum Gasteiger partial charge on any atom is 0.253 e. The van der Waals surface area contributed by atoms with Gasteiger partial charge in [-0.15, -0.1) is 10.2 Å². The maximum atomic E-state index is 12.7. The number of aliphatic hydroxyl groups is 1. The molecular formula is C20H26N4O3. The number of carbonyl (C=O) groups excluding carboxylic acids is 1. The van der Waals surface area contributed by atoms with E-state index < -0.39 is 0 Å². The quantitative estimate of drug-likeness (QED) is 0.887. The van der Waals surface area contributed by atoms with Crippen LogP contribution < -0.4 is 0 Å². The highest BCUT2D eigenvalue weighted by atomic mass is 16.4. The Kier molecular flexibility index (Phi) is 4.97. The number of rotatable bonds is 4. The lowest BCUT2D eigenvalue weighted by Gasteiger charge is -2.39. The summed E-state index contributed by atoms with van der Waals surface area (Å²) in [7, 11) is 0. The highest BCUT2D eigenvalue weighted by Crippen LogP contribution is 2.48. The number of benzene rings is 1. The number of carbonyl (C=O) groups is 1. The van der Waals surface area contributed by atoms with Gasteiger partial charge in [-0.1, -0.05) is 18.2 Å². The van der Waals surface area contributed by atoms with E-state index in [0.717, 1.165) is 44.5 Å². The van der Waals surface area contributed by atoms with Crippen LogP contribution in [0.15, 0.2) is 34.7 Å². The zero-order chi connectivity index (χ0) is 18.9. The van der Waals surface area contributed by atoms with Gasteiger partial charge >= 0.3 is 0 Å². The molecule has 0 radical (unpaired) electrons. The molecule has 2 aliphatic heterocycles. The van der Waals surface area contributed by atoms with Crippen molar-refractivity contribution in [3.05, 3.63) is 47.7 Å². The number of piperidine rings is 1. The van der Waals surface area contributed by atoms with Crippen LogP contribution in [0.1, 0.15) is 47.4 Å². The topological polar surface area (TPSA) is 82.7 Å². The smallest absolute Gasteiger partial charge is 0.253 e. The van der Waals surface area contributed by atoms with Crippen LogP contribution in [0.4, 0.5) is 0 Å². The second-order valence-corrected chi connectivity index (χ2v) is 7.73. The number of hydrogen-bond acceptors (Lipinski definition) is 6.